The van der Waals surface area contributed by atoms with Crippen LogP contribution in [0, 0.1) is 5.92 Å². The van der Waals surface area contributed by atoms with Crippen molar-refractivity contribution in [3.05, 3.63) is 64.1 Å². The van der Waals surface area contributed by atoms with Gasteiger partial charge in [-0.3, -0.25) is 9.59 Å². The Bertz CT molecular complexity index is 828. The van der Waals surface area contributed by atoms with Crippen LogP contribution in [0.15, 0.2) is 53.0 Å². The van der Waals surface area contributed by atoms with Crippen LogP contribution in [0.2, 0.25) is 0 Å². The number of carbonyl (C=O) groups excluding carboxylic acids is 2. The topological polar surface area (TPSA) is 49.4 Å². The molecule has 0 spiro atoms. The van der Waals surface area contributed by atoms with Gasteiger partial charge in [0.25, 0.3) is 5.91 Å². The molecule has 1 aliphatic carbocycles. The quantitative estimate of drug-likeness (QED) is 0.742. The standard InChI is InChI=1S/C22H23BrN2O2/c23-18-10-6-16(7-11-18)21(15-3-1-4-15)24-22(27)17-8-12-19(13-9-17)25-14-2-5-20(25)26/h6-13,15,21H,1-5,14H2,(H,24,27). The molecule has 2 fully saturated rings. The molecule has 1 unspecified atom stereocenters. The number of halogens is 1. The molecule has 2 amide bonds. The van der Waals surface area contributed by atoms with Gasteiger partial charge in [-0.25, -0.2) is 0 Å². The number of carbonyl (C=O) groups is 2. The predicted molar refractivity (Wildman–Crippen MR) is 110 cm³/mol. The first-order valence-electron chi connectivity index (χ1n) is 9.58. The Hall–Kier alpha value is -2.14. The molecule has 0 radical (unpaired) electrons. The van der Waals surface area contributed by atoms with E-state index in [1.54, 1.807) is 4.90 Å². The van der Waals surface area contributed by atoms with E-state index in [0.29, 0.717) is 17.9 Å². The summed E-state index contributed by atoms with van der Waals surface area (Å²) >= 11 is 3.47. The molecule has 2 aromatic rings. The Morgan fingerprint density at radius 3 is 2.30 bits per heavy atom. The molecule has 2 aromatic carbocycles. The van der Waals surface area contributed by atoms with Gasteiger partial charge in [-0.15, -0.1) is 0 Å². The fourth-order valence-electron chi connectivity index (χ4n) is 3.86. The summed E-state index contributed by atoms with van der Waals surface area (Å²) in [5, 5.41) is 3.23. The van der Waals surface area contributed by atoms with E-state index in [1.165, 1.54) is 6.42 Å². The van der Waals surface area contributed by atoms with Crippen LogP contribution in [0.25, 0.3) is 0 Å². The zero-order valence-corrected chi connectivity index (χ0v) is 16.7. The van der Waals surface area contributed by atoms with Crippen LogP contribution in [0.3, 0.4) is 0 Å². The van der Waals surface area contributed by atoms with Crippen molar-refractivity contribution in [2.24, 2.45) is 5.92 Å². The number of nitrogens with one attached hydrogen (secondary N) is 1. The van der Waals surface area contributed by atoms with Crippen LogP contribution >= 0.6 is 15.9 Å². The molecule has 27 heavy (non-hydrogen) atoms. The van der Waals surface area contributed by atoms with Gasteiger partial charge < -0.3 is 10.2 Å². The van der Waals surface area contributed by atoms with E-state index in [-0.39, 0.29) is 17.9 Å². The number of rotatable bonds is 5. The third-order valence-electron chi connectivity index (χ3n) is 5.65. The molecule has 4 rings (SSSR count). The summed E-state index contributed by atoms with van der Waals surface area (Å²) in [5.41, 5.74) is 2.65. The number of hydrogen-bond donors (Lipinski definition) is 1. The molecule has 1 saturated carbocycles. The maximum Gasteiger partial charge on any atom is 0.251 e. The van der Waals surface area contributed by atoms with Gasteiger partial charge in [-0.2, -0.15) is 0 Å². The second kappa shape index (κ2) is 7.85. The van der Waals surface area contributed by atoms with Crippen molar-refractivity contribution in [3.8, 4) is 0 Å². The predicted octanol–water partition coefficient (Wildman–Crippen LogP) is 4.85. The molecular formula is C22H23BrN2O2. The first-order chi connectivity index (χ1) is 13.1. The summed E-state index contributed by atoms with van der Waals surface area (Å²) in [6.07, 6.45) is 5.04. The van der Waals surface area contributed by atoms with Gasteiger partial charge in [0.05, 0.1) is 6.04 Å². The summed E-state index contributed by atoms with van der Waals surface area (Å²) in [7, 11) is 0. The molecule has 2 aliphatic rings. The Morgan fingerprint density at radius 2 is 1.74 bits per heavy atom. The molecule has 140 valence electrons. The summed E-state index contributed by atoms with van der Waals surface area (Å²) in [6, 6.07) is 15.6. The van der Waals surface area contributed by atoms with Crippen LogP contribution < -0.4 is 10.2 Å². The SMILES string of the molecule is O=C(NC(c1ccc(Br)cc1)C1CCC1)c1ccc(N2CCCC2=O)cc1. The molecule has 1 saturated heterocycles. The number of hydrogen-bond acceptors (Lipinski definition) is 2. The molecular weight excluding hydrogens is 404 g/mol. The largest absolute Gasteiger partial charge is 0.345 e. The van der Waals surface area contributed by atoms with Gasteiger partial charge in [-0.05, 0) is 67.1 Å². The minimum Gasteiger partial charge on any atom is -0.345 e. The first kappa shape index (κ1) is 18.2. The van der Waals surface area contributed by atoms with Gasteiger partial charge in [0.15, 0.2) is 0 Å². The normalized spacial score (nSPS) is 18.3. The molecule has 1 atom stereocenters. The van der Waals surface area contributed by atoms with Crippen molar-refractivity contribution < 1.29 is 9.59 Å². The van der Waals surface area contributed by atoms with Crippen molar-refractivity contribution in [2.45, 2.75) is 38.1 Å². The fraction of sp³-hybridized carbons (Fsp3) is 0.364. The lowest BCUT2D eigenvalue weighted by molar-refractivity contribution is -0.117. The molecule has 5 heteroatoms. The molecule has 1 heterocycles. The number of nitrogens with zero attached hydrogens (tertiary/aromatic N) is 1. The van der Waals surface area contributed by atoms with Crippen LogP contribution in [0.5, 0.6) is 0 Å². The summed E-state index contributed by atoms with van der Waals surface area (Å²) in [4.78, 5) is 26.5. The average molecular weight is 427 g/mol. The minimum absolute atomic E-state index is 0.0409. The van der Waals surface area contributed by atoms with Crippen LogP contribution in [0.1, 0.15) is 54.1 Å². The summed E-state index contributed by atoms with van der Waals surface area (Å²) < 4.78 is 1.04. The molecule has 1 aliphatic heterocycles. The van der Waals surface area contributed by atoms with E-state index in [9.17, 15) is 9.59 Å². The number of benzene rings is 2. The van der Waals surface area contributed by atoms with Crippen molar-refractivity contribution in [1.29, 1.82) is 0 Å². The third-order valence-corrected chi connectivity index (χ3v) is 6.18. The van der Waals surface area contributed by atoms with Crippen molar-refractivity contribution >= 4 is 33.4 Å². The second-order valence-corrected chi connectivity index (χ2v) is 8.31. The molecule has 1 N–H and O–H groups in total. The number of anilines is 1. The highest BCUT2D eigenvalue weighted by atomic mass is 79.9. The second-order valence-electron chi connectivity index (χ2n) is 7.39. The highest BCUT2D eigenvalue weighted by molar-refractivity contribution is 9.10. The van der Waals surface area contributed by atoms with Crippen LogP contribution in [-0.4, -0.2) is 18.4 Å². The minimum atomic E-state index is -0.0610. The van der Waals surface area contributed by atoms with Crippen molar-refractivity contribution in [1.82, 2.24) is 5.32 Å². The third kappa shape index (κ3) is 3.93. The lowest BCUT2D eigenvalue weighted by Gasteiger charge is -2.34. The smallest absolute Gasteiger partial charge is 0.251 e. The number of amides is 2. The van der Waals surface area contributed by atoms with E-state index in [0.717, 1.165) is 41.5 Å². The van der Waals surface area contributed by atoms with Crippen molar-refractivity contribution in [2.75, 3.05) is 11.4 Å². The van der Waals surface area contributed by atoms with Gasteiger partial charge in [0.2, 0.25) is 5.91 Å². The Balaban J connectivity index is 1.49. The van der Waals surface area contributed by atoms with E-state index >= 15 is 0 Å². The highest BCUT2D eigenvalue weighted by Gasteiger charge is 2.30. The van der Waals surface area contributed by atoms with Gasteiger partial charge in [0, 0.05) is 28.7 Å². The molecule has 0 bridgehead atoms. The maximum atomic E-state index is 12.8. The van der Waals surface area contributed by atoms with Crippen LogP contribution in [-0.2, 0) is 4.79 Å². The van der Waals surface area contributed by atoms with Gasteiger partial charge >= 0.3 is 0 Å². The van der Waals surface area contributed by atoms with Gasteiger partial charge in [0.1, 0.15) is 0 Å². The Morgan fingerprint density at radius 1 is 1.04 bits per heavy atom. The summed E-state index contributed by atoms with van der Waals surface area (Å²) in [6.45, 7) is 0.762. The lowest BCUT2D eigenvalue weighted by atomic mass is 9.77. The monoisotopic (exact) mass is 426 g/mol. The highest BCUT2D eigenvalue weighted by Crippen LogP contribution is 2.38. The van der Waals surface area contributed by atoms with E-state index in [2.05, 4.69) is 33.4 Å². The molecule has 4 nitrogen and oxygen atoms in total. The molecule has 0 aromatic heterocycles. The van der Waals surface area contributed by atoms with E-state index in [1.807, 2.05) is 36.4 Å². The zero-order valence-electron chi connectivity index (χ0n) is 15.2. The first-order valence-corrected chi connectivity index (χ1v) is 10.4. The van der Waals surface area contributed by atoms with E-state index in [4.69, 9.17) is 0 Å². The van der Waals surface area contributed by atoms with Gasteiger partial charge in [-0.1, -0.05) is 34.5 Å². The average Bonchev–Trinajstić information content (AvgIpc) is 3.06. The lowest BCUT2D eigenvalue weighted by Crippen LogP contribution is -2.36. The Kier molecular flexibility index (Phi) is 5.30. The maximum absolute atomic E-state index is 12.8. The summed E-state index contributed by atoms with van der Waals surface area (Å²) in [5.74, 6) is 0.596. The van der Waals surface area contributed by atoms with E-state index < -0.39 is 0 Å². The van der Waals surface area contributed by atoms with Crippen molar-refractivity contribution in [3.63, 3.8) is 0 Å². The fourth-order valence-corrected chi connectivity index (χ4v) is 4.12. The zero-order chi connectivity index (χ0) is 18.8. The van der Waals surface area contributed by atoms with Crippen LogP contribution in [0.4, 0.5) is 5.69 Å². The Labute approximate surface area is 168 Å².